The summed E-state index contributed by atoms with van der Waals surface area (Å²) in [5.41, 5.74) is 21.6. The maximum atomic E-state index is 15.8. The molecule has 0 aliphatic carbocycles. The van der Waals surface area contributed by atoms with E-state index in [4.69, 9.17) is 40.4 Å². The summed E-state index contributed by atoms with van der Waals surface area (Å²) < 4.78 is 100. The number of nitrogens with zero attached hydrogens (tertiary/aromatic N) is 8. The maximum Gasteiger partial charge on any atom is 0.407 e. The molecule has 6 fully saturated rings. The van der Waals surface area contributed by atoms with Gasteiger partial charge in [0, 0.05) is 50.1 Å². The van der Waals surface area contributed by atoms with E-state index >= 15 is 8.78 Å². The summed E-state index contributed by atoms with van der Waals surface area (Å²) in [5, 5.41) is 11.2. The van der Waals surface area contributed by atoms with Gasteiger partial charge in [0.25, 0.3) is 0 Å². The molecule has 2 unspecified atom stereocenters. The number of amides is 8. The molecule has 6 saturated heterocycles. The number of ether oxygens (including phenoxy) is 4. The molecule has 38 heteroatoms. The lowest BCUT2D eigenvalue weighted by Gasteiger charge is -2.34. The van der Waals surface area contributed by atoms with Crippen LogP contribution in [0.5, 0.6) is 0 Å². The van der Waals surface area contributed by atoms with Crippen LogP contribution in [0.1, 0.15) is 215 Å². The van der Waals surface area contributed by atoms with E-state index in [0.717, 1.165) is 58.6 Å². The van der Waals surface area contributed by atoms with Gasteiger partial charge in [0.2, 0.25) is 35.4 Å². The van der Waals surface area contributed by atoms with Gasteiger partial charge < -0.3 is 91.0 Å². The first-order chi connectivity index (χ1) is 63.6. The highest BCUT2D eigenvalue weighted by atomic mass is 32.2. The number of aromatic nitrogens is 4. The molecule has 6 aliphatic rings. The van der Waals surface area contributed by atoms with E-state index in [1.807, 2.05) is 96.7 Å². The third-order valence-corrected chi connectivity index (χ3v) is 29.1. The molecule has 0 saturated carbocycles. The van der Waals surface area contributed by atoms with Gasteiger partial charge >= 0.3 is 24.1 Å². The van der Waals surface area contributed by atoms with Gasteiger partial charge in [-0.25, -0.2) is 45.2 Å². The van der Waals surface area contributed by atoms with Crippen molar-refractivity contribution in [2.45, 2.75) is 215 Å². The minimum Gasteiger partial charge on any atom is -0.469 e. The number of nitrogens with two attached hydrogens (primary N) is 2. The summed E-state index contributed by atoms with van der Waals surface area (Å²) in [6.07, 6.45) is 7.86. The topological polar surface area (TPSA) is 453 Å². The first kappa shape index (κ1) is 99.0. The van der Waals surface area contributed by atoms with Gasteiger partial charge in [-0.3, -0.25) is 38.4 Å². The zero-order valence-electron chi connectivity index (χ0n) is 78.0. The number of esters is 2. The van der Waals surface area contributed by atoms with Gasteiger partial charge in [-0.15, -0.1) is 0 Å². The van der Waals surface area contributed by atoms with Crippen LogP contribution in [-0.4, -0.2) is 207 Å². The van der Waals surface area contributed by atoms with Crippen LogP contribution in [0.2, 0.25) is 0 Å². The van der Waals surface area contributed by atoms with Crippen LogP contribution in [0.15, 0.2) is 119 Å². The molecule has 2 aromatic heterocycles. The zero-order chi connectivity index (χ0) is 97.0. The second-order valence-corrected chi connectivity index (χ2v) is 41.0. The van der Waals surface area contributed by atoms with Crippen molar-refractivity contribution in [3.8, 4) is 0 Å². The van der Waals surface area contributed by atoms with Crippen molar-refractivity contribution in [3.63, 3.8) is 0 Å². The number of likely N-dealkylation sites (tertiary alicyclic amines) is 4. The smallest absolute Gasteiger partial charge is 0.407 e. The Hall–Kier alpha value is -12.5. The molecule has 0 radical (unpaired) electrons. The Bertz CT molecular complexity index is 5750. The molecule has 720 valence electrons. The molecule has 8 heterocycles. The van der Waals surface area contributed by atoms with Crippen molar-refractivity contribution in [2.75, 3.05) is 99.0 Å². The number of rotatable bonds is 28. The van der Waals surface area contributed by atoms with Crippen molar-refractivity contribution in [1.29, 1.82) is 0 Å². The predicted octanol–water partition coefficient (Wildman–Crippen LogP) is 13.2. The summed E-state index contributed by atoms with van der Waals surface area (Å²) in [7, 11) is -2.64. The highest BCUT2D eigenvalue weighted by molar-refractivity contribution is 7.91. The molecule has 6 aliphatic heterocycles. The largest absolute Gasteiger partial charge is 0.469 e. The van der Waals surface area contributed by atoms with E-state index in [1.54, 1.807) is 58.3 Å². The highest BCUT2D eigenvalue weighted by Gasteiger charge is 2.46. The molecular weight excluding hydrogens is 1770 g/mol. The van der Waals surface area contributed by atoms with E-state index in [1.165, 1.54) is 62.5 Å². The van der Waals surface area contributed by atoms with Crippen molar-refractivity contribution in [2.24, 2.45) is 35.5 Å². The van der Waals surface area contributed by atoms with Gasteiger partial charge in [-0.2, -0.15) is 0 Å². The van der Waals surface area contributed by atoms with Crippen LogP contribution < -0.4 is 42.5 Å². The normalized spacial score (nSPS) is 20.7. The number of anilines is 6. The summed E-state index contributed by atoms with van der Waals surface area (Å²) in [4.78, 5) is 158. The minimum atomic E-state index is -3.88. The lowest BCUT2D eigenvalue weighted by molar-refractivity contribution is -0.149. The monoisotopic (exact) mass is 1890 g/mol. The number of methoxy groups -OCH3 is 4. The van der Waals surface area contributed by atoms with E-state index in [0.29, 0.717) is 136 Å². The van der Waals surface area contributed by atoms with Crippen molar-refractivity contribution < 1.29 is 92.5 Å². The number of nitrogens with one attached hydrogen (secondary N) is 6. The van der Waals surface area contributed by atoms with Gasteiger partial charge in [0.05, 0.1) is 134 Å². The number of imidazole rings is 2. The number of fused-ring (bicyclic) bond motifs is 2. The molecule has 0 bridgehead atoms. The van der Waals surface area contributed by atoms with Gasteiger partial charge in [-0.1, -0.05) is 79.7 Å². The molecule has 0 spiro atoms. The Kier molecular flexibility index (Phi) is 30.7. The molecule has 14 rings (SSSR count). The third-order valence-electron chi connectivity index (χ3n) is 26.9. The van der Waals surface area contributed by atoms with Gasteiger partial charge in [0.1, 0.15) is 57.2 Å². The molecule has 6 aromatic carbocycles. The van der Waals surface area contributed by atoms with Crippen LogP contribution >= 0.6 is 0 Å². The summed E-state index contributed by atoms with van der Waals surface area (Å²) >= 11 is 0. The van der Waals surface area contributed by atoms with E-state index in [-0.39, 0.29) is 101 Å². The molecule has 8 aromatic rings. The second kappa shape index (κ2) is 41.6. The number of halogens is 2. The van der Waals surface area contributed by atoms with Gasteiger partial charge in [0.15, 0.2) is 19.7 Å². The second-order valence-electron chi connectivity index (χ2n) is 37.0. The van der Waals surface area contributed by atoms with Gasteiger partial charge in [-0.05, 0) is 208 Å². The molecule has 8 amide bonds. The molecule has 134 heavy (non-hydrogen) atoms. The maximum absolute atomic E-state index is 15.8. The van der Waals surface area contributed by atoms with Crippen LogP contribution in [0, 0.1) is 47.1 Å². The average Bonchev–Trinajstić information content (AvgIpc) is 1.60. The predicted molar refractivity (Wildman–Crippen MR) is 500 cm³/mol. The minimum absolute atomic E-state index is 0.0953. The lowest BCUT2D eigenvalue weighted by Crippen LogP contribution is -2.51. The number of hydrogen-bond donors (Lipinski definition) is 8. The van der Waals surface area contributed by atoms with Crippen molar-refractivity contribution in [1.82, 2.24) is 50.2 Å². The number of aromatic amines is 2. The molecule has 12 atom stereocenters. The first-order valence-corrected chi connectivity index (χ1v) is 49.4. The molecule has 34 nitrogen and oxygen atoms in total. The van der Waals surface area contributed by atoms with E-state index < -0.39 is 120 Å². The zero-order valence-corrected chi connectivity index (χ0v) is 79.6. The van der Waals surface area contributed by atoms with Crippen LogP contribution in [0.4, 0.5) is 52.5 Å². The van der Waals surface area contributed by atoms with Crippen LogP contribution in [0.25, 0.3) is 22.1 Å². The Morgan fingerprint density at radius 1 is 0.418 bits per heavy atom. The molecule has 10 N–H and O–H groups in total. The fourth-order valence-electron chi connectivity index (χ4n) is 19.8. The van der Waals surface area contributed by atoms with Crippen LogP contribution in [-0.2, 0) is 77.0 Å². The first-order valence-electron chi connectivity index (χ1n) is 45.6. The number of carbonyl (C=O) groups is 10. The number of hydrogen-bond acceptors (Lipinski definition) is 24. The Morgan fingerprint density at radius 3 is 1.07 bits per heavy atom. The number of sulfone groups is 2. The lowest BCUT2D eigenvalue weighted by atomic mass is 9.90. The number of carbonyl (C=O) groups excluding carboxylic acids is 10. The Morgan fingerprint density at radius 2 is 0.754 bits per heavy atom. The molecular formula is C96H122F2N16O18S2. The number of nitrogen functional groups attached to an aromatic ring is 2. The quantitative estimate of drug-likeness (QED) is 0.0128. The fraction of sp³-hybridized carbons (Fsp3) is 0.500. The van der Waals surface area contributed by atoms with E-state index in [9.17, 15) is 64.8 Å². The summed E-state index contributed by atoms with van der Waals surface area (Å²) in [6, 6.07) is 25.5. The Labute approximate surface area is 778 Å². The summed E-state index contributed by atoms with van der Waals surface area (Å²) in [5.74, 6) is -5.28. The van der Waals surface area contributed by atoms with E-state index in [2.05, 4.69) is 36.1 Å². The Balaban J connectivity index is 0.000000227. The number of H-pyrrole nitrogens is 2. The highest BCUT2D eigenvalue weighted by Crippen LogP contribution is 2.51. The fourth-order valence-corrected chi connectivity index (χ4v) is 21.2. The summed E-state index contributed by atoms with van der Waals surface area (Å²) in [6.45, 7) is 16.6. The third kappa shape index (κ3) is 21.5. The number of alkyl carbamates (subject to hydrolysis) is 2. The number of benzene rings is 6. The van der Waals surface area contributed by atoms with Crippen LogP contribution in [0.3, 0.4) is 0 Å². The average molecular weight is 1890 g/mol. The standard InChI is InChI=1S/C49H64FN7O10S.C47H58FN9O8S/c1-27(2)32(25-44(58)66-5)48(62)55-20-8-10-41(55)46(60)53-37-15-12-29(22-35(37)51)39-17-18-40(57(39)31-14-19-43(34(50)24-31)68(7,64)65)30-13-16-38(36(52)23-30)54-47(61)42-11-9-21-56(42)49(63)33(28(3)4)26-45(59)67-6;1-25(2)40(53-46(60)64-5)44(58)55-20-8-10-37(55)42-49-31-15-12-27(22-33(31)51-42)35-17-18-36(57(35)29-14-19-39(30(48)24-29)66(7,62)63)28-13-16-32-34(23-28)52-43(50-32)38-11-9-21-56(38)45(59)41(26(3)4)54-47(61)65-6/h12-16,19,22-24,27-28,32-33,39-42H,8-11,17-18,20-21,25-26,51-52H2,1-7H3,(H,53,60)(H,54,61);12-16,19,22-26,35-38,40-41H,8-11,17-18,20-21H2,1-7H3,(H,49,51)(H,50,52)(H,53,60)(H,54,61)/t32-,33-,39+,40?,41-,42-;35-,36-,37+,38?,40+,41+/m01/s1. The van der Waals surface area contributed by atoms with Crippen molar-refractivity contribution >= 4 is 135 Å². The van der Waals surface area contributed by atoms with Crippen molar-refractivity contribution in [3.05, 3.63) is 155 Å². The SMILES string of the molecule is COC(=O)C[C@H](C(=O)N1CCC[C@H]1C(=O)Nc1ccc(C2CC[C@H](c3ccc(NC(=O)[C@@H]4CCCN4C(=O)[C@@H](CC(=O)OC)C(C)C)c(N)c3)N2c2ccc(S(C)(=O)=O)c(F)c2)cc1N)C(C)C.COC(=O)N[C@H](C(=O)N1CCCC1c1nc2ccc([C@H]3CC[C@H](c4ccc5nc([C@@H]6CCCN6C(=O)[C@@H](NC(=O)OC)C(C)C)[nH]c5c4)N3c3ccc(S(C)(=O)=O)c(F)c3)cc2[nH]1)C(C)C.